The second kappa shape index (κ2) is 9.00. The van der Waals surface area contributed by atoms with E-state index >= 15 is 0 Å². The number of rotatable bonds is 5. The molecule has 6 rings (SSSR count). The number of anilines is 1. The van der Waals surface area contributed by atoms with Crippen LogP contribution in [0.3, 0.4) is 0 Å². The number of nitrogens with zero attached hydrogens (tertiary/aromatic N) is 2. The van der Waals surface area contributed by atoms with Crippen molar-refractivity contribution in [1.82, 2.24) is 15.6 Å². The molecule has 0 saturated carbocycles. The van der Waals surface area contributed by atoms with Crippen LogP contribution in [0.5, 0.6) is 11.5 Å². The van der Waals surface area contributed by atoms with Gasteiger partial charge >= 0.3 is 0 Å². The normalized spacial score (nSPS) is 23.9. The third kappa shape index (κ3) is 4.16. The average Bonchev–Trinajstić information content (AvgIpc) is 3.54. The topological polar surface area (TPSA) is 75.7 Å². The number of nitrogens with one attached hydrogen (secondary N) is 2. The Labute approximate surface area is 203 Å². The summed E-state index contributed by atoms with van der Waals surface area (Å²) in [5.41, 5.74) is 3.29. The lowest BCUT2D eigenvalue weighted by molar-refractivity contribution is -0.127. The standard InChI is InChI=1S/C27H29FN4O3/c1-34-26-12-24-20(10-22(26)28)25(32-14-17-6-9-30-27(33)21(17)15-32)11-23(31-24)16-2-4-18(5-3-16)35-19-7-8-29-13-19/h2-5,10-12,17,19,21,29H,6-9,13-15H2,1H3,(H,30,33). The Morgan fingerprint density at radius 3 is 2.69 bits per heavy atom. The summed E-state index contributed by atoms with van der Waals surface area (Å²) in [6, 6.07) is 13.1. The third-order valence-electron chi connectivity index (χ3n) is 7.46. The molecule has 0 bridgehead atoms. The van der Waals surface area contributed by atoms with Gasteiger partial charge in [-0.3, -0.25) is 4.79 Å². The number of piperidine rings is 1. The van der Waals surface area contributed by atoms with Crippen molar-refractivity contribution in [3.63, 3.8) is 0 Å². The van der Waals surface area contributed by atoms with Gasteiger partial charge in [0.2, 0.25) is 5.91 Å². The molecule has 3 aromatic rings. The van der Waals surface area contributed by atoms with Gasteiger partial charge in [0.1, 0.15) is 11.9 Å². The van der Waals surface area contributed by atoms with Crippen LogP contribution in [0.4, 0.5) is 10.1 Å². The van der Waals surface area contributed by atoms with Crippen LogP contribution in [0.1, 0.15) is 12.8 Å². The molecule has 3 fully saturated rings. The lowest BCUT2D eigenvalue weighted by Crippen LogP contribution is -2.41. The summed E-state index contributed by atoms with van der Waals surface area (Å²) in [5, 5.41) is 7.02. The number of fused-ring (bicyclic) bond motifs is 2. The van der Waals surface area contributed by atoms with Crippen molar-refractivity contribution in [1.29, 1.82) is 0 Å². The Morgan fingerprint density at radius 2 is 1.94 bits per heavy atom. The number of amides is 1. The second-order valence-corrected chi connectivity index (χ2v) is 9.64. The van der Waals surface area contributed by atoms with Gasteiger partial charge in [0.05, 0.1) is 24.2 Å². The van der Waals surface area contributed by atoms with E-state index in [1.54, 1.807) is 6.07 Å². The Hall–Kier alpha value is -3.39. The molecule has 3 atom stereocenters. The van der Waals surface area contributed by atoms with Crippen molar-refractivity contribution in [3.8, 4) is 22.8 Å². The predicted octanol–water partition coefficient (Wildman–Crippen LogP) is 3.36. The highest BCUT2D eigenvalue weighted by atomic mass is 19.1. The van der Waals surface area contributed by atoms with Crippen LogP contribution in [-0.2, 0) is 4.79 Å². The SMILES string of the molecule is COc1cc2nc(-c3ccc(OC4CCNC4)cc3)cc(N3CC4CCNC(=O)C4C3)c2cc1F. The van der Waals surface area contributed by atoms with E-state index in [0.717, 1.165) is 60.6 Å². The summed E-state index contributed by atoms with van der Waals surface area (Å²) >= 11 is 0. The summed E-state index contributed by atoms with van der Waals surface area (Å²) in [4.78, 5) is 19.5. The van der Waals surface area contributed by atoms with Gasteiger partial charge in [0.15, 0.2) is 11.6 Å². The minimum atomic E-state index is -0.423. The Bertz CT molecular complexity index is 1260. The van der Waals surface area contributed by atoms with E-state index in [1.165, 1.54) is 13.2 Å². The number of pyridine rings is 1. The Kier molecular flexibility index (Phi) is 5.68. The number of benzene rings is 2. The first-order valence-corrected chi connectivity index (χ1v) is 12.3. The van der Waals surface area contributed by atoms with Gasteiger partial charge in [-0.2, -0.15) is 0 Å². The van der Waals surface area contributed by atoms with Gasteiger partial charge in [0.25, 0.3) is 0 Å². The van der Waals surface area contributed by atoms with Gasteiger partial charge in [-0.05, 0) is 61.7 Å². The lowest BCUT2D eigenvalue weighted by atomic mass is 9.89. The van der Waals surface area contributed by atoms with E-state index in [-0.39, 0.29) is 23.7 Å². The van der Waals surface area contributed by atoms with Gasteiger partial charge in [-0.25, -0.2) is 9.37 Å². The number of halogens is 1. The number of methoxy groups -OCH3 is 1. The Balaban J connectivity index is 1.38. The summed E-state index contributed by atoms with van der Waals surface area (Å²) < 4.78 is 26.0. The average molecular weight is 477 g/mol. The first-order chi connectivity index (χ1) is 17.1. The molecule has 3 aliphatic rings. The fraction of sp³-hybridized carbons (Fsp3) is 0.407. The summed E-state index contributed by atoms with van der Waals surface area (Å²) in [6.07, 6.45) is 2.17. The molecule has 3 aliphatic heterocycles. The van der Waals surface area contributed by atoms with Gasteiger partial charge < -0.3 is 25.0 Å². The molecular formula is C27H29FN4O3. The second-order valence-electron chi connectivity index (χ2n) is 9.64. The summed E-state index contributed by atoms with van der Waals surface area (Å²) in [7, 11) is 1.46. The zero-order valence-electron chi connectivity index (χ0n) is 19.7. The molecule has 1 amide bonds. The lowest BCUT2D eigenvalue weighted by Gasteiger charge is -2.23. The molecule has 0 spiro atoms. The maximum absolute atomic E-state index is 14.7. The van der Waals surface area contributed by atoms with E-state index in [4.69, 9.17) is 14.5 Å². The molecule has 3 saturated heterocycles. The minimum absolute atomic E-state index is 0.0416. The van der Waals surface area contributed by atoms with Crippen LogP contribution >= 0.6 is 0 Å². The summed E-state index contributed by atoms with van der Waals surface area (Å²) in [6.45, 7) is 3.95. The molecule has 8 heteroatoms. The molecule has 7 nitrogen and oxygen atoms in total. The van der Waals surface area contributed by atoms with Crippen LogP contribution in [0.25, 0.3) is 22.2 Å². The highest BCUT2D eigenvalue weighted by Crippen LogP contribution is 2.39. The molecule has 3 unspecified atom stereocenters. The van der Waals surface area contributed by atoms with Crippen molar-refractivity contribution in [3.05, 3.63) is 48.3 Å². The number of carbonyl (C=O) groups is 1. The molecule has 0 radical (unpaired) electrons. The fourth-order valence-corrected chi connectivity index (χ4v) is 5.57. The zero-order chi connectivity index (χ0) is 23.9. The summed E-state index contributed by atoms with van der Waals surface area (Å²) in [5.74, 6) is 0.953. The smallest absolute Gasteiger partial charge is 0.225 e. The molecule has 0 aliphatic carbocycles. The number of aromatic nitrogens is 1. The van der Waals surface area contributed by atoms with E-state index in [2.05, 4.69) is 15.5 Å². The predicted molar refractivity (Wildman–Crippen MR) is 132 cm³/mol. The molecule has 1 aromatic heterocycles. The van der Waals surface area contributed by atoms with Crippen molar-refractivity contribution >= 4 is 22.5 Å². The molecule has 2 aromatic carbocycles. The third-order valence-corrected chi connectivity index (χ3v) is 7.46. The van der Waals surface area contributed by atoms with E-state index in [0.29, 0.717) is 24.5 Å². The number of hydrogen-bond donors (Lipinski definition) is 2. The van der Waals surface area contributed by atoms with Crippen molar-refractivity contribution in [2.45, 2.75) is 18.9 Å². The molecule has 4 heterocycles. The quantitative estimate of drug-likeness (QED) is 0.588. The highest BCUT2D eigenvalue weighted by molar-refractivity contribution is 5.96. The fourth-order valence-electron chi connectivity index (χ4n) is 5.57. The zero-order valence-corrected chi connectivity index (χ0v) is 19.7. The molecule has 2 N–H and O–H groups in total. The molecular weight excluding hydrogens is 447 g/mol. The van der Waals surface area contributed by atoms with Crippen molar-refractivity contribution < 1.29 is 18.7 Å². The molecule has 182 valence electrons. The van der Waals surface area contributed by atoms with Crippen molar-refractivity contribution in [2.24, 2.45) is 11.8 Å². The van der Waals surface area contributed by atoms with Crippen LogP contribution in [-0.4, -0.2) is 56.8 Å². The number of ether oxygens (including phenoxy) is 2. The first kappa shape index (κ1) is 22.1. The Morgan fingerprint density at radius 1 is 1.09 bits per heavy atom. The van der Waals surface area contributed by atoms with E-state index < -0.39 is 5.82 Å². The maximum atomic E-state index is 14.7. The highest BCUT2D eigenvalue weighted by Gasteiger charge is 2.40. The van der Waals surface area contributed by atoms with Gasteiger partial charge in [-0.1, -0.05) is 0 Å². The number of carbonyl (C=O) groups excluding carboxylic acids is 1. The van der Waals surface area contributed by atoms with E-state index in [9.17, 15) is 9.18 Å². The largest absolute Gasteiger partial charge is 0.494 e. The van der Waals surface area contributed by atoms with Crippen LogP contribution in [0, 0.1) is 17.7 Å². The number of hydrogen-bond acceptors (Lipinski definition) is 6. The monoisotopic (exact) mass is 476 g/mol. The van der Waals surface area contributed by atoms with Crippen molar-refractivity contribution in [2.75, 3.05) is 44.7 Å². The van der Waals surface area contributed by atoms with Crippen LogP contribution in [0.15, 0.2) is 42.5 Å². The van der Waals surface area contributed by atoms with Crippen LogP contribution in [0.2, 0.25) is 0 Å². The van der Waals surface area contributed by atoms with Gasteiger partial charge in [-0.15, -0.1) is 0 Å². The van der Waals surface area contributed by atoms with Crippen LogP contribution < -0.4 is 25.0 Å². The van der Waals surface area contributed by atoms with E-state index in [1.807, 2.05) is 30.3 Å². The molecule has 35 heavy (non-hydrogen) atoms. The van der Waals surface area contributed by atoms with Gasteiger partial charge in [0, 0.05) is 48.9 Å². The maximum Gasteiger partial charge on any atom is 0.225 e. The minimum Gasteiger partial charge on any atom is -0.494 e. The first-order valence-electron chi connectivity index (χ1n) is 12.3.